The van der Waals surface area contributed by atoms with Crippen molar-refractivity contribution in [3.63, 3.8) is 0 Å². The molecule has 3 rings (SSSR count). The lowest BCUT2D eigenvalue weighted by Gasteiger charge is -2.21. The first-order valence-electron chi connectivity index (χ1n) is 8.41. The van der Waals surface area contributed by atoms with Crippen molar-refractivity contribution in [3.05, 3.63) is 61.1 Å². The van der Waals surface area contributed by atoms with Gasteiger partial charge in [0.05, 0.1) is 35.6 Å². The Morgan fingerprint density at radius 2 is 1.42 bits per heavy atom. The van der Waals surface area contributed by atoms with E-state index in [2.05, 4.69) is 15.0 Å². The molecule has 0 aromatic carbocycles. The van der Waals surface area contributed by atoms with Crippen LogP contribution in [0.25, 0.3) is 22.6 Å². The Kier molecular flexibility index (Phi) is 5.89. The van der Waals surface area contributed by atoms with Crippen LogP contribution in [-0.2, 0) is 13.6 Å². The van der Waals surface area contributed by atoms with E-state index in [0.29, 0.717) is 27.9 Å². The summed E-state index contributed by atoms with van der Waals surface area (Å²) in [4.78, 5) is 13.3. The molecule has 0 aliphatic carbocycles. The Morgan fingerprint density at radius 3 is 1.96 bits per heavy atom. The first kappa shape index (κ1) is 18.4. The van der Waals surface area contributed by atoms with Gasteiger partial charge in [-0.3, -0.25) is 19.5 Å². The standard InChI is InChI=1S/C19H20N3O3P/c1-3-24-26(23,25-4-2)17-11-14-22-19(16-10-6-8-13-21-16)18(17)15-9-5-7-12-20-15/h5-14H,3-4H2,1-2H3. The van der Waals surface area contributed by atoms with E-state index in [4.69, 9.17) is 9.05 Å². The molecule has 0 spiro atoms. The third-order valence-corrected chi connectivity index (χ3v) is 5.81. The van der Waals surface area contributed by atoms with Crippen molar-refractivity contribution in [2.45, 2.75) is 13.8 Å². The van der Waals surface area contributed by atoms with Crippen molar-refractivity contribution in [3.8, 4) is 22.6 Å². The number of aromatic nitrogens is 3. The molecule has 0 fully saturated rings. The van der Waals surface area contributed by atoms with E-state index in [1.54, 1.807) is 38.5 Å². The summed E-state index contributed by atoms with van der Waals surface area (Å²) < 4.78 is 24.6. The van der Waals surface area contributed by atoms with Crippen LogP contribution in [0.3, 0.4) is 0 Å². The molecule has 3 heterocycles. The molecule has 0 aliphatic heterocycles. The summed E-state index contributed by atoms with van der Waals surface area (Å²) in [6, 6.07) is 12.8. The van der Waals surface area contributed by atoms with Gasteiger partial charge in [0.15, 0.2) is 0 Å². The van der Waals surface area contributed by atoms with Crippen molar-refractivity contribution in [2.75, 3.05) is 13.2 Å². The molecule has 0 amide bonds. The van der Waals surface area contributed by atoms with Crippen molar-refractivity contribution in [1.29, 1.82) is 0 Å². The number of nitrogens with zero attached hydrogens (tertiary/aromatic N) is 3. The molecule has 0 bridgehead atoms. The second kappa shape index (κ2) is 8.32. The highest BCUT2D eigenvalue weighted by Crippen LogP contribution is 2.50. The largest absolute Gasteiger partial charge is 0.362 e. The van der Waals surface area contributed by atoms with Crippen LogP contribution in [0.15, 0.2) is 61.1 Å². The van der Waals surface area contributed by atoms with Gasteiger partial charge in [-0.1, -0.05) is 12.1 Å². The summed E-state index contributed by atoms with van der Waals surface area (Å²) in [7, 11) is -3.53. The van der Waals surface area contributed by atoms with Gasteiger partial charge in [-0.15, -0.1) is 0 Å². The zero-order valence-corrected chi connectivity index (χ0v) is 15.6. The number of pyridine rings is 3. The van der Waals surface area contributed by atoms with Crippen molar-refractivity contribution in [2.24, 2.45) is 0 Å². The quantitative estimate of drug-likeness (QED) is 0.584. The first-order chi connectivity index (χ1) is 12.7. The molecule has 134 valence electrons. The van der Waals surface area contributed by atoms with E-state index in [-0.39, 0.29) is 13.2 Å². The lowest BCUT2D eigenvalue weighted by Crippen LogP contribution is -2.16. The first-order valence-corrected chi connectivity index (χ1v) is 9.95. The number of rotatable bonds is 7. The molecule has 7 heteroatoms. The summed E-state index contributed by atoms with van der Waals surface area (Å²) in [5.74, 6) is 0. The maximum atomic E-state index is 13.5. The van der Waals surface area contributed by atoms with Crippen LogP contribution < -0.4 is 5.30 Å². The molecule has 3 aromatic heterocycles. The van der Waals surface area contributed by atoms with Crippen LogP contribution in [-0.4, -0.2) is 28.2 Å². The van der Waals surface area contributed by atoms with Gasteiger partial charge in [-0.05, 0) is 44.2 Å². The van der Waals surface area contributed by atoms with Gasteiger partial charge in [0, 0.05) is 24.2 Å². The van der Waals surface area contributed by atoms with Gasteiger partial charge < -0.3 is 9.05 Å². The molecule has 0 radical (unpaired) electrons. The molecule has 3 aromatic rings. The lowest BCUT2D eigenvalue weighted by atomic mass is 10.1. The summed E-state index contributed by atoms with van der Waals surface area (Å²) in [6.45, 7) is 4.10. The Hall–Kier alpha value is -2.40. The maximum absolute atomic E-state index is 13.5. The Bertz CT molecular complexity index is 894. The summed E-state index contributed by atoms with van der Waals surface area (Å²) in [6.07, 6.45) is 4.97. The van der Waals surface area contributed by atoms with Crippen molar-refractivity contribution >= 4 is 12.9 Å². The van der Waals surface area contributed by atoms with E-state index in [9.17, 15) is 4.57 Å². The zero-order valence-electron chi connectivity index (χ0n) is 14.7. The van der Waals surface area contributed by atoms with Crippen LogP contribution in [0.2, 0.25) is 0 Å². The SMILES string of the molecule is CCOP(=O)(OCC)c1ccnc(-c2ccccn2)c1-c1ccccn1. The second-order valence-corrected chi connectivity index (χ2v) is 7.31. The van der Waals surface area contributed by atoms with E-state index in [1.165, 1.54) is 0 Å². The van der Waals surface area contributed by atoms with Crippen molar-refractivity contribution < 1.29 is 13.6 Å². The summed E-state index contributed by atoms with van der Waals surface area (Å²) in [5, 5.41) is 0.440. The van der Waals surface area contributed by atoms with E-state index in [1.807, 2.05) is 36.4 Å². The number of hydrogen-bond acceptors (Lipinski definition) is 6. The third kappa shape index (κ3) is 3.73. The highest BCUT2D eigenvalue weighted by atomic mass is 31.2. The van der Waals surface area contributed by atoms with Crippen molar-refractivity contribution in [1.82, 2.24) is 15.0 Å². The Morgan fingerprint density at radius 1 is 0.808 bits per heavy atom. The lowest BCUT2D eigenvalue weighted by molar-refractivity contribution is 0.230. The fourth-order valence-electron chi connectivity index (χ4n) is 2.66. The fraction of sp³-hybridized carbons (Fsp3) is 0.211. The van der Waals surface area contributed by atoms with Crippen LogP contribution in [0.4, 0.5) is 0 Å². The summed E-state index contributed by atoms with van der Waals surface area (Å²) >= 11 is 0. The van der Waals surface area contributed by atoms with Gasteiger partial charge in [-0.25, -0.2) is 0 Å². The predicted octanol–water partition coefficient (Wildman–Crippen LogP) is 4.10. The predicted molar refractivity (Wildman–Crippen MR) is 101 cm³/mol. The Labute approximate surface area is 152 Å². The van der Waals surface area contributed by atoms with Gasteiger partial charge in [0.25, 0.3) is 0 Å². The molecular weight excluding hydrogens is 349 g/mol. The van der Waals surface area contributed by atoms with Gasteiger partial charge >= 0.3 is 7.60 Å². The molecule has 26 heavy (non-hydrogen) atoms. The van der Waals surface area contributed by atoms with E-state index in [0.717, 1.165) is 0 Å². The normalized spacial score (nSPS) is 11.5. The minimum atomic E-state index is -3.53. The molecule has 0 unspecified atom stereocenters. The molecule has 0 N–H and O–H groups in total. The van der Waals surface area contributed by atoms with Crippen LogP contribution in [0.5, 0.6) is 0 Å². The van der Waals surface area contributed by atoms with E-state index >= 15 is 0 Å². The van der Waals surface area contributed by atoms with Crippen LogP contribution in [0.1, 0.15) is 13.8 Å². The molecule has 0 saturated carbocycles. The number of hydrogen-bond donors (Lipinski definition) is 0. The van der Waals surface area contributed by atoms with Gasteiger partial charge in [0.2, 0.25) is 0 Å². The molecule has 6 nitrogen and oxygen atoms in total. The molecular formula is C19H20N3O3P. The average molecular weight is 369 g/mol. The van der Waals surface area contributed by atoms with Crippen LogP contribution >= 0.6 is 7.60 Å². The van der Waals surface area contributed by atoms with Crippen LogP contribution in [0, 0.1) is 0 Å². The summed E-state index contributed by atoms with van der Waals surface area (Å²) in [5.41, 5.74) is 2.49. The second-order valence-electron chi connectivity index (χ2n) is 5.32. The topological polar surface area (TPSA) is 74.2 Å². The molecule has 0 saturated heterocycles. The monoisotopic (exact) mass is 369 g/mol. The smallest absolute Gasteiger partial charge is 0.305 e. The third-order valence-electron chi connectivity index (χ3n) is 3.65. The minimum Gasteiger partial charge on any atom is -0.305 e. The van der Waals surface area contributed by atoms with Gasteiger partial charge in [0.1, 0.15) is 0 Å². The molecule has 0 atom stereocenters. The molecule has 0 aliphatic rings. The van der Waals surface area contributed by atoms with E-state index < -0.39 is 7.60 Å². The fourth-order valence-corrected chi connectivity index (χ4v) is 4.43. The van der Waals surface area contributed by atoms with Gasteiger partial charge in [-0.2, -0.15) is 0 Å². The highest BCUT2D eigenvalue weighted by Gasteiger charge is 2.32. The maximum Gasteiger partial charge on any atom is 0.362 e. The zero-order chi connectivity index (χ0) is 18.4. The Balaban J connectivity index is 2.30. The average Bonchev–Trinajstić information content (AvgIpc) is 2.69. The highest BCUT2D eigenvalue weighted by molar-refractivity contribution is 7.62. The minimum absolute atomic E-state index is 0.264.